The third kappa shape index (κ3) is 4.15. The molecule has 1 heteroatoms. The molecule has 0 aliphatic carbocycles. The van der Waals surface area contributed by atoms with Gasteiger partial charge in [0.1, 0.15) is 0 Å². The van der Waals surface area contributed by atoms with Gasteiger partial charge in [0.15, 0.2) is 0 Å². The minimum atomic E-state index is 0.500. The summed E-state index contributed by atoms with van der Waals surface area (Å²) in [6, 6.07) is 18.7. The van der Waals surface area contributed by atoms with E-state index in [4.69, 9.17) is 0 Å². The van der Waals surface area contributed by atoms with E-state index in [-0.39, 0.29) is 0 Å². The summed E-state index contributed by atoms with van der Waals surface area (Å²) in [7, 11) is 0. The summed E-state index contributed by atoms with van der Waals surface area (Å²) >= 11 is 0. The van der Waals surface area contributed by atoms with Gasteiger partial charge in [0.25, 0.3) is 0 Å². The van der Waals surface area contributed by atoms with Crippen LogP contribution in [0.1, 0.15) is 62.3 Å². The maximum Gasteiger partial charge on any atom is 0.0998 e. The fourth-order valence-corrected chi connectivity index (χ4v) is 3.24. The molecule has 2 rings (SSSR count). The van der Waals surface area contributed by atoms with Crippen molar-refractivity contribution < 1.29 is 0 Å². The van der Waals surface area contributed by atoms with E-state index in [0.717, 1.165) is 23.1 Å². The van der Waals surface area contributed by atoms with Crippen LogP contribution in [0.25, 0.3) is 5.57 Å². The third-order valence-corrected chi connectivity index (χ3v) is 4.57. The van der Waals surface area contributed by atoms with Crippen LogP contribution in [0.3, 0.4) is 0 Å². The van der Waals surface area contributed by atoms with Gasteiger partial charge in [0, 0.05) is 0 Å². The molecule has 0 saturated heterocycles. The van der Waals surface area contributed by atoms with Gasteiger partial charge in [-0.05, 0) is 58.6 Å². The van der Waals surface area contributed by atoms with Crippen LogP contribution in [-0.2, 0) is 0 Å². The molecule has 0 bridgehead atoms. The second-order valence-corrected chi connectivity index (χ2v) is 7.24. The fraction of sp³-hybridized carbons (Fsp3) is 0.348. The summed E-state index contributed by atoms with van der Waals surface area (Å²) in [6.07, 6.45) is 1.15. The van der Waals surface area contributed by atoms with Crippen molar-refractivity contribution in [1.82, 2.24) is 0 Å². The van der Waals surface area contributed by atoms with Crippen molar-refractivity contribution in [2.24, 2.45) is 11.8 Å². The Kier molecular flexibility index (Phi) is 5.99. The van der Waals surface area contributed by atoms with E-state index >= 15 is 0 Å². The van der Waals surface area contributed by atoms with Crippen LogP contribution in [-0.4, -0.2) is 0 Å². The molecule has 0 aromatic heterocycles. The molecule has 1 atom stereocenters. The van der Waals surface area contributed by atoms with E-state index in [9.17, 15) is 5.26 Å². The van der Waals surface area contributed by atoms with Crippen LogP contribution in [0.15, 0.2) is 55.1 Å². The van der Waals surface area contributed by atoms with Crippen molar-refractivity contribution in [3.05, 3.63) is 77.4 Å². The van der Waals surface area contributed by atoms with Gasteiger partial charge in [0.05, 0.1) is 11.6 Å². The molecule has 0 aliphatic rings. The molecule has 2 aromatic carbocycles. The predicted molar refractivity (Wildman–Crippen MR) is 103 cm³/mol. The summed E-state index contributed by atoms with van der Waals surface area (Å²) in [6.45, 7) is 13.3. The van der Waals surface area contributed by atoms with Gasteiger partial charge >= 0.3 is 0 Å². The SMILES string of the molecule is C=C(c1ccccc1)c1cc(C(CC(C)C)C(C)C)ccc1C#N. The Bertz CT molecular complexity index is 732. The third-order valence-electron chi connectivity index (χ3n) is 4.57. The minimum Gasteiger partial charge on any atom is -0.192 e. The lowest BCUT2D eigenvalue weighted by molar-refractivity contribution is 0.408. The standard InChI is InChI=1S/C23H27N/c1-16(2)13-22(17(3)4)20-11-12-21(15-24)23(14-20)18(5)19-9-7-6-8-10-19/h6-12,14,16-17,22H,5,13H2,1-4H3. The van der Waals surface area contributed by atoms with Crippen molar-refractivity contribution in [2.75, 3.05) is 0 Å². The topological polar surface area (TPSA) is 23.8 Å². The van der Waals surface area contributed by atoms with Crippen LogP contribution in [0.2, 0.25) is 0 Å². The molecule has 0 N–H and O–H groups in total. The predicted octanol–water partition coefficient (Wildman–Crippen LogP) is 6.41. The number of hydrogen-bond donors (Lipinski definition) is 0. The molecule has 0 heterocycles. The highest BCUT2D eigenvalue weighted by Crippen LogP contribution is 2.34. The zero-order valence-corrected chi connectivity index (χ0v) is 15.2. The Morgan fingerprint density at radius 2 is 1.71 bits per heavy atom. The number of hydrogen-bond acceptors (Lipinski definition) is 1. The Morgan fingerprint density at radius 3 is 2.25 bits per heavy atom. The molecule has 0 saturated carbocycles. The van der Waals surface area contributed by atoms with Crippen LogP contribution < -0.4 is 0 Å². The quantitative estimate of drug-likeness (QED) is 0.604. The second kappa shape index (κ2) is 7.97. The number of nitriles is 1. The lowest BCUT2D eigenvalue weighted by atomic mass is 9.80. The van der Waals surface area contributed by atoms with E-state index in [0.29, 0.717) is 23.3 Å². The van der Waals surface area contributed by atoms with Gasteiger partial charge < -0.3 is 0 Å². The summed E-state index contributed by atoms with van der Waals surface area (Å²) in [5.74, 6) is 1.71. The highest BCUT2D eigenvalue weighted by Gasteiger charge is 2.19. The normalized spacial score (nSPS) is 12.2. The molecule has 0 amide bonds. The van der Waals surface area contributed by atoms with Crippen LogP contribution >= 0.6 is 0 Å². The average Bonchev–Trinajstić information content (AvgIpc) is 2.59. The first-order valence-corrected chi connectivity index (χ1v) is 8.72. The minimum absolute atomic E-state index is 0.500. The van der Waals surface area contributed by atoms with Crippen LogP contribution in [0, 0.1) is 23.2 Å². The Labute approximate surface area is 146 Å². The van der Waals surface area contributed by atoms with Gasteiger partial charge in [-0.3, -0.25) is 0 Å². The Morgan fingerprint density at radius 1 is 1.04 bits per heavy atom. The summed E-state index contributed by atoms with van der Waals surface area (Å²) in [5.41, 5.74) is 4.94. The molecular formula is C23H27N. The number of rotatable bonds is 6. The fourth-order valence-electron chi connectivity index (χ4n) is 3.24. The average molecular weight is 317 g/mol. The highest BCUT2D eigenvalue weighted by molar-refractivity contribution is 5.81. The molecular weight excluding hydrogens is 290 g/mol. The van der Waals surface area contributed by atoms with Crippen LogP contribution in [0.4, 0.5) is 0 Å². The van der Waals surface area contributed by atoms with Gasteiger partial charge in [-0.1, -0.05) is 70.7 Å². The zero-order valence-electron chi connectivity index (χ0n) is 15.2. The smallest absolute Gasteiger partial charge is 0.0998 e. The number of benzene rings is 2. The van der Waals surface area contributed by atoms with Gasteiger partial charge in [-0.25, -0.2) is 0 Å². The zero-order chi connectivity index (χ0) is 17.7. The van der Waals surface area contributed by atoms with Crippen molar-refractivity contribution in [3.8, 4) is 6.07 Å². The summed E-state index contributed by atoms with van der Waals surface area (Å²) in [4.78, 5) is 0. The molecule has 0 radical (unpaired) electrons. The molecule has 2 aromatic rings. The molecule has 1 unspecified atom stereocenters. The lowest BCUT2D eigenvalue weighted by Crippen LogP contribution is -2.10. The monoisotopic (exact) mass is 317 g/mol. The van der Waals surface area contributed by atoms with E-state index in [2.05, 4.69) is 52.5 Å². The van der Waals surface area contributed by atoms with E-state index in [1.165, 1.54) is 5.56 Å². The first kappa shape index (κ1) is 18.0. The molecule has 0 fully saturated rings. The lowest BCUT2D eigenvalue weighted by Gasteiger charge is -2.24. The Hall–Kier alpha value is -2.33. The van der Waals surface area contributed by atoms with E-state index in [1.807, 2.05) is 36.4 Å². The second-order valence-electron chi connectivity index (χ2n) is 7.24. The maximum atomic E-state index is 9.51. The molecule has 1 nitrogen and oxygen atoms in total. The van der Waals surface area contributed by atoms with Crippen LogP contribution in [0.5, 0.6) is 0 Å². The van der Waals surface area contributed by atoms with Crippen molar-refractivity contribution in [1.29, 1.82) is 5.26 Å². The van der Waals surface area contributed by atoms with Gasteiger partial charge in [-0.15, -0.1) is 0 Å². The van der Waals surface area contributed by atoms with E-state index < -0.39 is 0 Å². The maximum absolute atomic E-state index is 9.51. The van der Waals surface area contributed by atoms with Crippen molar-refractivity contribution >= 4 is 5.57 Å². The molecule has 124 valence electrons. The summed E-state index contributed by atoms with van der Waals surface area (Å²) < 4.78 is 0. The largest absolute Gasteiger partial charge is 0.192 e. The first-order chi connectivity index (χ1) is 11.4. The highest BCUT2D eigenvalue weighted by atomic mass is 14.3. The molecule has 0 spiro atoms. The number of nitrogens with zero attached hydrogens (tertiary/aromatic N) is 1. The van der Waals surface area contributed by atoms with E-state index in [1.54, 1.807) is 0 Å². The molecule has 0 aliphatic heterocycles. The molecule has 24 heavy (non-hydrogen) atoms. The van der Waals surface area contributed by atoms with Crippen molar-refractivity contribution in [3.63, 3.8) is 0 Å². The van der Waals surface area contributed by atoms with Crippen molar-refractivity contribution in [2.45, 2.75) is 40.0 Å². The summed E-state index contributed by atoms with van der Waals surface area (Å²) in [5, 5.41) is 9.51. The van der Waals surface area contributed by atoms with Gasteiger partial charge in [-0.2, -0.15) is 5.26 Å². The Balaban J connectivity index is 2.48. The first-order valence-electron chi connectivity index (χ1n) is 8.72. The van der Waals surface area contributed by atoms with Gasteiger partial charge in [0.2, 0.25) is 0 Å².